The first-order valence-electron chi connectivity index (χ1n) is 12.4. The van der Waals surface area contributed by atoms with E-state index in [4.69, 9.17) is 25.8 Å². The van der Waals surface area contributed by atoms with Crippen LogP contribution in [0.4, 0.5) is 0 Å². The number of rotatable bonds is 16. The van der Waals surface area contributed by atoms with Crippen molar-refractivity contribution < 1.29 is 19.0 Å². The van der Waals surface area contributed by atoms with E-state index in [0.717, 1.165) is 55.2 Å². The van der Waals surface area contributed by atoms with Gasteiger partial charge in [0.15, 0.2) is 0 Å². The minimum atomic E-state index is -0.295. The summed E-state index contributed by atoms with van der Waals surface area (Å²) in [5, 5.41) is 0.727. The smallest absolute Gasteiger partial charge is 0.338 e. The van der Waals surface area contributed by atoms with Crippen molar-refractivity contribution in [2.75, 3.05) is 19.8 Å². The molecule has 34 heavy (non-hydrogen) atoms. The third kappa shape index (κ3) is 12.6. The van der Waals surface area contributed by atoms with Crippen molar-refractivity contribution in [1.29, 1.82) is 0 Å². The van der Waals surface area contributed by atoms with Crippen LogP contribution in [0.1, 0.15) is 81.5 Å². The van der Waals surface area contributed by atoms with Crippen LogP contribution >= 0.6 is 11.6 Å². The molecule has 5 heteroatoms. The van der Waals surface area contributed by atoms with Crippen molar-refractivity contribution in [1.82, 2.24) is 0 Å². The molecule has 2 aromatic rings. The quantitative estimate of drug-likeness (QED) is 0.138. The lowest BCUT2D eigenvalue weighted by Crippen LogP contribution is -2.04. The Morgan fingerprint density at radius 3 is 1.76 bits per heavy atom. The summed E-state index contributed by atoms with van der Waals surface area (Å²) in [6, 6.07) is 14.6. The first kappa shape index (κ1) is 27.6. The fourth-order valence-corrected chi connectivity index (χ4v) is 3.45. The fourth-order valence-electron chi connectivity index (χ4n) is 3.33. The highest BCUT2D eigenvalue weighted by Gasteiger charge is 2.05. The summed E-state index contributed by atoms with van der Waals surface area (Å²) < 4.78 is 16.4. The first-order valence-corrected chi connectivity index (χ1v) is 12.8. The van der Waals surface area contributed by atoms with E-state index in [0.29, 0.717) is 18.8 Å². The summed E-state index contributed by atoms with van der Waals surface area (Å²) in [4.78, 5) is 11.6. The molecule has 0 saturated carbocycles. The molecule has 0 N–H and O–H groups in total. The third-order valence-electron chi connectivity index (χ3n) is 5.23. The highest BCUT2D eigenvalue weighted by atomic mass is 35.5. The molecule has 0 aliphatic rings. The fraction of sp³-hybridized carbons (Fsp3) is 0.483. The number of hydrogen-bond acceptors (Lipinski definition) is 4. The molecule has 0 amide bonds. The number of ether oxygens (including phenoxy) is 3. The monoisotopic (exact) mass is 484 g/mol. The Morgan fingerprint density at radius 2 is 1.18 bits per heavy atom. The van der Waals surface area contributed by atoms with Crippen LogP contribution in [0.5, 0.6) is 11.5 Å². The molecule has 0 aromatic heterocycles. The zero-order valence-corrected chi connectivity index (χ0v) is 21.1. The summed E-state index contributed by atoms with van der Waals surface area (Å²) in [7, 11) is 0. The highest BCUT2D eigenvalue weighted by molar-refractivity contribution is 6.30. The zero-order valence-electron chi connectivity index (χ0n) is 20.3. The van der Waals surface area contributed by atoms with Gasteiger partial charge in [0.25, 0.3) is 0 Å². The maximum absolute atomic E-state index is 11.6. The van der Waals surface area contributed by atoms with Crippen molar-refractivity contribution >= 4 is 17.6 Å². The van der Waals surface area contributed by atoms with E-state index >= 15 is 0 Å². The van der Waals surface area contributed by atoms with E-state index in [-0.39, 0.29) is 5.97 Å². The Hall–Kier alpha value is -2.64. The molecule has 2 rings (SSSR count). The van der Waals surface area contributed by atoms with Gasteiger partial charge in [-0.1, -0.05) is 37.3 Å². The number of benzene rings is 2. The Morgan fingerprint density at radius 1 is 0.706 bits per heavy atom. The molecule has 0 saturated heterocycles. The molecular weight excluding hydrogens is 448 g/mol. The maximum atomic E-state index is 11.6. The Bertz CT molecular complexity index is 866. The van der Waals surface area contributed by atoms with E-state index < -0.39 is 0 Å². The van der Waals surface area contributed by atoms with Crippen molar-refractivity contribution in [3.63, 3.8) is 0 Å². The van der Waals surface area contributed by atoms with Crippen LogP contribution in [0.15, 0.2) is 48.5 Å². The summed E-state index contributed by atoms with van der Waals surface area (Å²) >= 11 is 5.86. The van der Waals surface area contributed by atoms with Gasteiger partial charge in [0.2, 0.25) is 0 Å². The molecule has 0 unspecified atom stereocenters. The Labute approximate surface area is 209 Å². The van der Waals surface area contributed by atoms with E-state index in [2.05, 4.69) is 11.8 Å². The molecule has 4 nitrogen and oxygen atoms in total. The van der Waals surface area contributed by atoms with Gasteiger partial charge < -0.3 is 14.2 Å². The number of unbranched alkanes of at least 4 members (excludes halogenated alkanes) is 8. The third-order valence-corrected chi connectivity index (χ3v) is 5.49. The molecule has 0 bridgehead atoms. The maximum Gasteiger partial charge on any atom is 0.338 e. The molecule has 0 radical (unpaired) electrons. The van der Waals surface area contributed by atoms with Crippen molar-refractivity contribution in [3.05, 3.63) is 59.1 Å². The van der Waals surface area contributed by atoms with E-state index in [1.807, 2.05) is 36.4 Å². The van der Waals surface area contributed by atoms with Crippen LogP contribution in [0.3, 0.4) is 0 Å². The Balaban J connectivity index is 1.36. The van der Waals surface area contributed by atoms with E-state index in [1.165, 1.54) is 32.1 Å². The van der Waals surface area contributed by atoms with Gasteiger partial charge in [-0.05, 0) is 81.1 Å². The number of carbonyl (C=O) groups excluding carboxylic acids is 1. The van der Waals surface area contributed by atoms with Gasteiger partial charge in [-0.3, -0.25) is 0 Å². The summed E-state index contributed by atoms with van der Waals surface area (Å²) in [6.45, 7) is 3.60. The lowest BCUT2D eigenvalue weighted by Gasteiger charge is -2.07. The van der Waals surface area contributed by atoms with Crippen LogP contribution in [-0.4, -0.2) is 25.8 Å². The van der Waals surface area contributed by atoms with Gasteiger partial charge in [0.1, 0.15) is 11.5 Å². The average molecular weight is 485 g/mol. The van der Waals surface area contributed by atoms with Gasteiger partial charge in [-0.15, -0.1) is 11.8 Å². The SMILES string of the molecule is CCOC(=O)c1ccc(OCCCCCCCCC#CCCCCOc2ccc(Cl)cc2)cc1. The molecule has 0 heterocycles. The summed E-state index contributed by atoms with van der Waals surface area (Å²) in [6.07, 6.45) is 11.1. The van der Waals surface area contributed by atoms with Crippen LogP contribution in [0.25, 0.3) is 0 Å². The lowest BCUT2D eigenvalue weighted by molar-refractivity contribution is 0.0526. The number of carbonyl (C=O) groups is 1. The predicted octanol–water partition coefficient (Wildman–Crippen LogP) is 7.88. The first-order chi connectivity index (χ1) is 16.7. The number of hydrogen-bond donors (Lipinski definition) is 0. The summed E-state index contributed by atoms with van der Waals surface area (Å²) in [5.74, 6) is 7.93. The lowest BCUT2D eigenvalue weighted by atomic mass is 10.1. The van der Waals surface area contributed by atoms with Crippen molar-refractivity contribution in [2.45, 2.75) is 71.1 Å². The van der Waals surface area contributed by atoms with Crippen LogP contribution in [0, 0.1) is 11.8 Å². The minimum Gasteiger partial charge on any atom is -0.494 e. The normalized spacial score (nSPS) is 10.3. The topological polar surface area (TPSA) is 44.8 Å². The van der Waals surface area contributed by atoms with Crippen molar-refractivity contribution in [2.24, 2.45) is 0 Å². The highest BCUT2D eigenvalue weighted by Crippen LogP contribution is 2.16. The van der Waals surface area contributed by atoms with E-state index in [9.17, 15) is 4.79 Å². The molecule has 0 aliphatic carbocycles. The second-order valence-electron chi connectivity index (χ2n) is 8.08. The second kappa shape index (κ2) is 17.8. The zero-order chi connectivity index (χ0) is 24.3. The molecule has 0 aliphatic heterocycles. The number of halogens is 1. The molecule has 0 fully saturated rings. The van der Waals surface area contributed by atoms with Gasteiger partial charge in [0.05, 0.1) is 25.4 Å². The second-order valence-corrected chi connectivity index (χ2v) is 8.51. The standard InChI is InChI=1S/C29H37ClO4/c1-2-32-29(31)25-15-19-27(20-16-25)33-23-13-11-9-7-5-3-4-6-8-10-12-14-24-34-28-21-17-26(30)18-22-28/h15-22H,2-5,7,9-14,23-24H2,1H3. The number of esters is 1. The van der Waals surface area contributed by atoms with Gasteiger partial charge >= 0.3 is 5.97 Å². The van der Waals surface area contributed by atoms with Gasteiger partial charge in [-0.2, -0.15) is 0 Å². The minimum absolute atomic E-state index is 0.295. The largest absolute Gasteiger partial charge is 0.494 e. The van der Waals surface area contributed by atoms with Crippen molar-refractivity contribution in [3.8, 4) is 23.3 Å². The van der Waals surface area contributed by atoms with Crippen LogP contribution < -0.4 is 9.47 Å². The van der Waals surface area contributed by atoms with E-state index in [1.54, 1.807) is 19.1 Å². The summed E-state index contributed by atoms with van der Waals surface area (Å²) in [5.41, 5.74) is 0.554. The molecule has 0 atom stereocenters. The van der Waals surface area contributed by atoms with Crippen LogP contribution in [-0.2, 0) is 4.74 Å². The van der Waals surface area contributed by atoms with Gasteiger partial charge in [-0.25, -0.2) is 4.79 Å². The molecule has 0 spiro atoms. The predicted molar refractivity (Wildman–Crippen MR) is 139 cm³/mol. The molecule has 184 valence electrons. The average Bonchev–Trinajstić information content (AvgIpc) is 2.85. The molecular formula is C29H37ClO4. The van der Waals surface area contributed by atoms with Crippen LogP contribution in [0.2, 0.25) is 5.02 Å². The Kier molecular flexibility index (Phi) is 14.4. The van der Waals surface area contributed by atoms with Gasteiger partial charge in [0, 0.05) is 17.9 Å². The molecule has 2 aromatic carbocycles.